The average Bonchev–Trinajstić information content (AvgIpc) is 2.36. The highest BCUT2D eigenvalue weighted by Gasteiger charge is 2.35. The fourth-order valence-corrected chi connectivity index (χ4v) is 2.25. The number of rotatable bonds is 4. The van der Waals surface area contributed by atoms with Crippen molar-refractivity contribution in [2.75, 3.05) is 7.11 Å². The van der Waals surface area contributed by atoms with Gasteiger partial charge >= 0.3 is 0 Å². The van der Waals surface area contributed by atoms with Crippen LogP contribution in [0.4, 0.5) is 0 Å². The van der Waals surface area contributed by atoms with E-state index in [1.165, 1.54) is 0 Å². The molecular formula is C16H22O4. The zero-order valence-electron chi connectivity index (χ0n) is 12.8. The molecule has 0 aliphatic carbocycles. The zero-order valence-corrected chi connectivity index (χ0v) is 12.8. The Balaban J connectivity index is 2.47. The molecule has 0 saturated heterocycles. The van der Waals surface area contributed by atoms with Crippen molar-refractivity contribution in [3.63, 3.8) is 0 Å². The van der Waals surface area contributed by atoms with Crippen LogP contribution in [-0.4, -0.2) is 24.6 Å². The Labute approximate surface area is 120 Å². The predicted molar refractivity (Wildman–Crippen MR) is 77.0 cm³/mol. The van der Waals surface area contributed by atoms with Crippen LogP contribution in [0.3, 0.4) is 0 Å². The summed E-state index contributed by atoms with van der Waals surface area (Å²) in [5, 5.41) is 0. The van der Waals surface area contributed by atoms with Gasteiger partial charge in [-0.25, -0.2) is 0 Å². The third-order valence-electron chi connectivity index (χ3n) is 3.45. The quantitative estimate of drug-likeness (QED) is 0.844. The molecule has 2 rings (SSSR count). The Morgan fingerprint density at radius 3 is 2.70 bits per heavy atom. The van der Waals surface area contributed by atoms with E-state index >= 15 is 0 Å². The molecule has 1 heterocycles. The van der Waals surface area contributed by atoms with Crippen molar-refractivity contribution in [1.29, 1.82) is 0 Å². The maximum atomic E-state index is 12.2. The molecule has 1 unspecified atom stereocenters. The highest BCUT2D eigenvalue weighted by molar-refractivity contribution is 6.01. The van der Waals surface area contributed by atoms with Crippen molar-refractivity contribution in [1.82, 2.24) is 0 Å². The third kappa shape index (κ3) is 2.74. The Kier molecular flexibility index (Phi) is 3.93. The molecule has 0 bridgehead atoms. The van der Waals surface area contributed by atoms with Crippen LogP contribution in [0.1, 0.15) is 50.9 Å². The molecule has 0 saturated carbocycles. The summed E-state index contributed by atoms with van der Waals surface area (Å²) < 4.78 is 17.2. The van der Waals surface area contributed by atoms with E-state index in [0.717, 1.165) is 6.42 Å². The molecule has 1 aromatic carbocycles. The summed E-state index contributed by atoms with van der Waals surface area (Å²) in [6.45, 7) is 7.85. The number of fused-ring (bicyclic) bond motifs is 1. The minimum absolute atomic E-state index is 0.0737. The van der Waals surface area contributed by atoms with E-state index in [1.807, 2.05) is 20.8 Å². The summed E-state index contributed by atoms with van der Waals surface area (Å²) in [6.07, 6.45) is 1.34. The summed E-state index contributed by atoms with van der Waals surface area (Å²) in [4.78, 5) is 12.2. The number of carbonyl (C=O) groups is 1. The summed E-state index contributed by atoms with van der Waals surface area (Å²) in [7, 11) is 1.56. The molecule has 20 heavy (non-hydrogen) atoms. The fraction of sp³-hybridized carbons (Fsp3) is 0.562. The van der Waals surface area contributed by atoms with Gasteiger partial charge in [0.15, 0.2) is 17.3 Å². The van der Waals surface area contributed by atoms with Gasteiger partial charge in [-0.1, -0.05) is 6.92 Å². The van der Waals surface area contributed by atoms with Crippen molar-refractivity contribution >= 4 is 5.78 Å². The number of Topliss-reactive ketones (excluding diaryl/α,β-unsaturated/α-hetero) is 1. The first kappa shape index (κ1) is 14.7. The van der Waals surface area contributed by atoms with Crippen LogP contribution in [-0.2, 0) is 0 Å². The zero-order chi connectivity index (χ0) is 14.9. The molecule has 1 aliphatic rings. The van der Waals surface area contributed by atoms with Gasteiger partial charge < -0.3 is 14.2 Å². The fourth-order valence-electron chi connectivity index (χ4n) is 2.25. The molecule has 1 aromatic rings. The van der Waals surface area contributed by atoms with Crippen LogP contribution in [0.2, 0.25) is 0 Å². The minimum Gasteiger partial charge on any atom is -0.490 e. The van der Waals surface area contributed by atoms with Gasteiger partial charge in [0.25, 0.3) is 0 Å². The maximum Gasteiger partial charge on any atom is 0.204 e. The van der Waals surface area contributed by atoms with Gasteiger partial charge in [0.1, 0.15) is 5.60 Å². The largest absolute Gasteiger partial charge is 0.490 e. The van der Waals surface area contributed by atoms with Crippen LogP contribution >= 0.6 is 0 Å². The smallest absolute Gasteiger partial charge is 0.204 e. The minimum atomic E-state index is -0.521. The normalized spacial score (nSPS) is 17.9. The van der Waals surface area contributed by atoms with Crippen LogP contribution in [0, 0.1) is 0 Å². The highest BCUT2D eigenvalue weighted by Crippen LogP contribution is 2.45. The second-order valence-corrected chi connectivity index (χ2v) is 5.77. The second-order valence-electron chi connectivity index (χ2n) is 5.77. The van der Waals surface area contributed by atoms with Gasteiger partial charge in [-0.3, -0.25) is 4.79 Å². The number of carbonyl (C=O) groups excluding carboxylic acids is 1. The first-order valence-corrected chi connectivity index (χ1v) is 6.98. The summed E-state index contributed by atoms with van der Waals surface area (Å²) in [6, 6.07) is 3.54. The Morgan fingerprint density at radius 1 is 1.40 bits per heavy atom. The van der Waals surface area contributed by atoms with E-state index in [1.54, 1.807) is 19.2 Å². The van der Waals surface area contributed by atoms with E-state index in [-0.39, 0.29) is 11.9 Å². The Hall–Kier alpha value is -1.71. The summed E-state index contributed by atoms with van der Waals surface area (Å²) in [5.74, 6) is 1.69. The van der Waals surface area contributed by atoms with E-state index < -0.39 is 5.60 Å². The third-order valence-corrected chi connectivity index (χ3v) is 3.45. The standard InChI is InChI=1S/C16H22O4/c1-6-10(2)19-13-8-7-11-12(17)9-16(3,4)20-14(11)15(13)18-5/h7-8,10H,6,9H2,1-5H3. The SMILES string of the molecule is CCC(C)Oc1ccc2c(c1OC)OC(C)(C)CC2=O. The maximum absolute atomic E-state index is 12.2. The number of methoxy groups -OCH3 is 1. The lowest BCUT2D eigenvalue weighted by Gasteiger charge is -2.33. The number of hydrogen-bond donors (Lipinski definition) is 0. The first-order chi connectivity index (χ1) is 9.38. The molecule has 0 fully saturated rings. The highest BCUT2D eigenvalue weighted by atomic mass is 16.5. The van der Waals surface area contributed by atoms with Gasteiger partial charge in [-0.15, -0.1) is 0 Å². The van der Waals surface area contributed by atoms with Gasteiger partial charge in [0.2, 0.25) is 5.75 Å². The van der Waals surface area contributed by atoms with Crippen molar-refractivity contribution < 1.29 is 19.0 Å². The first-order valence-electron chi connectivity index (χ1n) is 6.98. The second kappa shape index (κ2) is 5.35. The topological polar surface area (TPSA) is 44.8 Å². The van der Waals surface area contributed by atoms with Crippen LogP contribution in [0.25, 0.3) is 0 Å². The molecule has 0 spiro atoms. The molecule has 0 radical (unpaired) electrons. The molecule has 1 atom stereocenters. The van der Waals surface area contributed by atoms with Crippen molar-refractivity contribution in [2.45, 2.75) is 52.2 Å². The van der Waals surface area contributed by atoms with Gasteiger partial charge in [-0.05, 0) is 39.3 Å². The van der Waals surface area contributed by atoms with E-state index in [9.17, 15) is 4.79 Å². The van der Waals surface area contributed by atoms with Gasteiger partial charge in [0, 0.05) is 0 Å². The molecule has 110 valence electrons. The molecule has 0 amide bonds. The lowest BCUT2D eigenvalue weighted by Crippen LogP contribution is -2.36. The van der Waals surface area contributed by atoms with Crippen molar-refractivity contribution in [2.24, 2.45) is 0 Å². The lowest BCUT2D eigenvalue weighted by molar-refractivity contribution is 0.0596. The number of ether oxygens (including phenoxy) is 3. The molecule has 0 aromatic heterocycles. The van der Waals surface area contributed by atoms with E-state index in [0.29, 0.717) is 29.2 Å². The Bertz CT molecular complexity index is 519. The molecule has 4 heteroatoms. The molecule has 1 aliphatic heterocycles. The monoisotopic (exact) mass is 278 g/mol. The van der Waals surface area contributed by atoms with E-state index in [4.69, 9.17) is 14.2 Å². The van der Waals surface area contributed by atoms with Crippen LogP contribution in [0.5, 0.6) is 17.2 Å². The summed E-state index contributed by atoms with van der Waals surface area (Å²) in [5.41, 5.74) is 0.0458. The number of ketones is 1. The summed E-state index contributed by atoms with van der Waals surface area (Å²) >= 11 is 0. The van der Waals surface area contributed by atoms with E-state index in [2.05, 4.69) is 6.92 Å². The molecular weight excluding hydrogens is 256 g/mol. The number of hydrogen-bond acceptors (Lipinski definition) is 4. The number of benzene rings is 1. The molecule has 0 N–H and O–H groups in total. The predicted octanol–water partition coefficient (Wildman–Crippen LogP) is 3.62. The van der Waals surface area contributed by atoms with Gasteiger partial charge in [-0.2, -0.15) is 0 Å². The van der Waals surface area contributed by atoms with Crippen LogP contribution in [0.15, 0.2) is 12.1 Å². The average molecular weight is 278 g/mol. The van der Waals surface area contributed by atoms with Gasteiger partial charge in [0.05, 0.1) is 25.2 Å². The van der Waals surface area contributed by atoms with Crippen molar-refractivity contribution in [3.05, 3.63) is 17.7 Å². The van der Waals surface area contributed by atoms with Crippen molar-refractivity contribution in [3.8, 4) is 17.2 Å². The Morgan fingerprint density at radius 2 is 2.10 bits per heavy atom. The lowest BCUT2D eigenvalue weighted by atomic mass is 9.92. The molecule has 4 nitrogen and oxygen atoms in total. The van der Waals surface area contributed by atoms with Crippen LogP contribution < -0.4 is 14.2 Å².